The van der Waals surface area contributed by atoms with Gasteiger partial charge in [-0.05, 0) is 107 Å². The number of benzene rings is 3. The van der Waals surface area contributed by atoms with Gasteiger partial charge in [-0.2, -0.15) is 5.26 Å². The number of carbonyl (C=O) groups is 5. The third-order valence-electron chi connectivity index (χ3n) is 13.7. The molecular weight excluding hydrogens is 792 g/mol. The van der Waals surface area contributed by atoms with Crippen LogP contribution in [0.15, 0.2) is 54.6 Å². The number of nitrogens with one attached hydrogen (secondary N) is 2. The first kappa shape index (κ1) is 42.0. The number of imide groups is 2. The topological polar surface area (TPSA) is 152 Å². The number of hydrogen-bond donors (Lipinski definition) is 2. The summed E-state index contributed by atoms with van der Waals surface area (Å²) in [5.41, 5.74) is 3.34. The highest BCUT2D eigenvalue weighted by Gasteiger charge is 2.64. The van der Waals surface area contributed by atoms with Crippen LogP contribution in [-0.2, 0) is 9.59 Å². The lowest BCUT2D eigenvalue weighted by atomic mass is 9.49. The molecule has 4 aliphatic heterocycles. The number of carbonyl (C=O) groups excluding carboxylic acids is 5. The van der Waals surface area contributed by atoms with Crippen LogP contribution < -0.4 is 20.3 Å². The van der Waals surface area contributed by atoms with E-state index in [1.807, 2.05) is 37.3 Å². The second-order valence-corrected chi connectivity index (χ2v) is 18.6. The summed E-state index contributed by atoms with van der Waals surface area (Å²) < 4.78 is 6.50. The van der Waals surface area contributed by atoms with Gasteiger partial charge in [0.05, 0.1) is 21.7 Å². The second-order valence-electron chi connectivity index (χ2n) is 18.3. The van der Waals surface area contributed by atoms with E-state index in [0.29, 0.717) is 45.0 Å². The molecule has 4 heterocycles. The highest BCUT2D eigenvalue weighted by molar-refractivity contribution is 6.32. The van der Waals surface area contributed by atoms with E-state index in [-0.39, 0.29) is 41.7 Å². The Hall–Kier alpha value is -5.69. The lowest BCUT2D eigenvalue weighted by Gasteiger charge is -2.63. The molecule has 316 valence electrons. The first-order chi connectivity index (χ1) is 29.1. The fourth-order valence-electron chi connectivity index (χ4n) is 10.5. The Labute approximate surface area is 361 Å². The minimum atomic E-state index is -0.976. The largest absolute Gasteiger partial charge is 0.489 e. The van der Waals surface area contributed by atoms with Crippen molar-refractivity contribution < 1.29 is 28.7 Å². The molecule has 3 aromatic rings. The predicted octanol–water partition coefficient (Wildman–Crippen LogP) is 6.27. The molecule has 0 radical (unpaired) electrons. The molecule has 1 unspecified atom stereocenters. The third-order valence-corrected chi connectivity index (χ3v) is 14.2. The van der Waals surface area contributed by atoms with E-state index >= 15 is 0 Å². The molecule has 3 saturated heterocycles. The highest BCUT2D eigenvalue weighted by atomic mass is 35.5. The second kappa shape index (κ2) is 16.3. The van der Waals surface area contributed by atoms with Crippen molar-refractivity contribution in [3.05, 3.63) is 93.0 Å². The molecule has 0 aromatic heterocycles. The van der Waals surface area contributed by atoms with Crippen molar-refractivity contribution >= 4 is 46.8 Å². The SMILES string of the molecule is Cc1c(O[C@H]2C(C)(C)[C@H](NC(=O)c3ccc(C#CC4CCN(C5CCN(c6ccc7c(c6)C(=O)N(C6CCC(=O)NC6=O)C7=O)CC5)CC4)cc3)C2(C)C)ccc(C#N)c1Cl. The van der Waals surface area contributed by atoms with Crippen LogP contribution in [0, 0.1) is 46.8 Å². The van der Waals surface area contributed by atoms with Gasteiger partial charge in [-0.15, -0.1) is 0 Å². The van der Waals surface area contributed by atoms with E-state index in [4.69, 9.17) is 16.3 Å². The van der Waals surface area contributed by atoms with Gasteiger partial charge in [0.15, 0.2) is 0 Å². The Morgan fingerprint density at radius 2 is 1.54 bits per heavy atom. The van der Waals surface area contributed by atoms with E-state index < -0.39 is 29.7 Å². The van der Waals surface area contributed by atoms with E-state index in [1.54, 1.807) is 24.3 Å². The maximum Gasteiger partial charge on any atom is 0.262 e. The Morgan fingerprint density at radius 1 is 0.869 bits per heavy atom. The fraction of sp³-hybridized carbons (Fsp3) is 0.458. The average molecular weight is 843 g/mol. The van der Waals surface area contributed by atoms with Crippen LogP contribution in [0.5, 0.6) is 5.75 Å². The standard InChI is InChI=1S/C48H51ClN6O6/c1-28-38(16-12-32(27-50)40(28)49)61-46-47(2,3)45(48(46,4)5)52-41(57)31-10-8-29(9-11-31)6-7-30-18-22-53(23-19-30)33-20-24-54(25-21-33)34-13-14-35-36(26-34)44(60)55(43(35)59)37-15-17-39(56)51-42(37)58/h8-14,16,26,30,33,37,45-46H,15,17-25H2,1-5H3,(H,52,57)(H,51,56,58)/t37?,45-,46-. The molecule has 61 heavy (non-hydrogen) atoms. The van der Waals surface area contributed by atoms with Crippen LogP contribution in [0.2, 0.25) is 5.02 Å². The van der Waals surface area contributed by atoms with Crippen molar-refractivity contribution in [3.63, 3.8) is 0 Å². The number of likely N-dealkylation sites (tertiary alicyclic amines) is 1. The minimum Gasteiger partial charge on any atom is -0.489 e. The molecule has 13 heteroatoms. The van der Waals surface area contributed by atoms with Crippen LogP contribution in [-0.4, -0.2) is 89.7 Å². The average Bonchev–Trinajstić information content (AvgIpc) is 3.50. The zero-order valence-electron chi connectivity index (χ0n) is 35.3. The van der Waals surface area contributed by atoms with Crippen molar-refractivity contribution in [2.75, 3.05) is 31.1 Å². The quantitative estimate of drug-likeness (QED) is 0.207. The van der Waals surface area contributed by atoms with Crippen LogP contribution in [0.3, 0.4) is 0 Å². The summed E-state index contributed by atoms with van der Waals surface area (Å²) in [5, 5.41) is 15.2. The number of fused-ring (bicyclic) bond motifs is 1. The summed E-state index contributed by atoms with van der Waals surface area (Å²) in [6.45, 7) is 13.8. The molecular formula is C48H51ClN6O6. The van der Waals surface area contributed by atoms with Gasteiger partial charge in [-0.3, -0.25) is 34.2 Å². The molecule has 8 rings (SSSR count). The van der Waals surface area contributed by atoms with Crippen LogP contribution in [0.1, 0.15) is 114 Å². The molecule has 0 bridgehead atoms. The van der Waals surface area contributed by atoms with Crippen molar-refractivity contribution in [1.82, 2.24) is 20.4 Å². The fourth-order valence-corrected chi connectivity index (χ4v) is 10.7. The maximum absolute atomic E-state index is 13.5. The normalized spacial score (nSPS) is 23.9. The zero-order valence-corrected chi connectivity index (χ0v) is 36.0. The van der Waals surface area contributed by atoms with Gasteiger partial charge in [0.2, 0.25) is 11.8 Å². The summed E-state index contributed by atoms with van der Waals surface area (Å²) in [4.78, 5) is 69.9. The third kappa shape index (κ3) is 7.77. The molecule has 1 saturated carbocycles. The molecule has 4 fully saturated rings. The van der Waals surface area contributed by atoms with E-state index in [9.17, 15) is 29.2 Å². The van der Waals surface area contributed by atoms with E-state index in [2.05, 4.69) is 66.0 Å². The van der Waals surface area contributed by atoms with Gasteiger partial charge in [-0.1, -0.05) is 51.1 Å². The van der Waals surface area contributed by atoms with Crippen molar-refractivity contribution in [2.45, 2.75) is 97.4 Å². The highest BCUT2D eigenvalue weighted by Crippen LogP contribution is 2.56. The van der Waals surface area contributed by atoms with Crippen LogP contribution in [0.25, 0.3) is 0 Å². The summed E-state index contributed by atoms with van der Waals surface area (Å²) in [6.07, 6.45) is 3.99. The molecule has 3 aromatic carbocycles. The molecule has 12 nitrogen and oxygen atoms in total. The number of nitriles is 1. The van der Waals surface area contributed by atoms with Crippen molar-refractivity contribution in [1.29, 1.82) is 5.26 Å². The van der Waals surface area contributed by atoms with Gasteiger partial charge >= 0.3 is 0 Å². The lowest BCUT2D eigenvalue weighted by Crippen LogP contribution is -2.74. The number of hydrogen-bond acceptors (Lipinski definition) is 9. The van der Waals surface area contributed by atoms with Gasteiger partial charge in [0, 0.05) is 70.7 Å². The number of ether oxygens (including phenoxy) is 1. The van der Waals surface area contributed by atoms with Crippen molar-refractivity contribution in [3.8, 4) is 23.7 Å². The molecule has 0 spiro atoms. The van der Waals surface area contributed by atoms with E-state index in [0.717, 1.165) is 73.6 Å². The van der Waals surface area contributed by atoms with Crippen LogP contribution >= 0.6 is 11.6 Å². The first-order valence-electron chi connectivity index (χ1n) is 21.2. The van der Waals surface area contributed by atoms with Crippen molar-refractivity contribution in [2.24, 2.45) is 16.7 Å². The Morgan fingerprint density at radius 3 is 2.20 bits per heavy atom. The maximum atomic E-state index is 13.5. The number of halogens is 1. The smallest absolute Gasteiger partial charge is 0.262 e. The number of rotatable bonds is 7. The summed E-state index contributed by atoms with van der Waals surface area (Å²) >= 11 is 6.41. The lowest BCUT2D eigenvalue weighted by molar-refractivity contribution is -0.164. The Bertz CT molecular complexity index is 2400. The number of nitrogens with zero attached hydrogens (tertiary/aromatic N) is 4. The van der Waals surface area contributed by atoms with Gasteiger partial charge < -0.3 is 19.9 Å². The minimum absolute atomic E-state index is 0.0892. The number of amides is 5. The number of anilines is 1. The monoisotopic (exact) mass is 842 g/mol. The van der Waals surface area contributed by atoms with Crippen LogP contribution in [0.4, 0.5) is 5.69 Å². The zero-order chi connectivity index (χ0) is 43.4. The summed E-state index contributed by atoms with van der Waals surface area (Å²) in [7, 11) is 0. The summed E-state index contributed by atoms with van der Waals surface area (Å²) in [5.74, 6) is 5.65. The van der Waals surface area contributed by atoms with Gasteiger partial charge in [0.25, 0.3) is 17.7 Å². The first-order valence-corrected chi connectivity index (χ1v) is 21.6. The van der Waals surface area contributed by atoms with Gasteiger partial charge in [0.1, 0.15) is 24.0 Å². The predicted molar refractivity (Wildman–Crippen MR) is 230 cm³/mol. The molecule has 1 aliphatic carbocycles. The van der Waals surface area contributed by atoms with E-state index in [1.165, 1.54) is 0 Å². The van der Waals surface area contributed by atoms with Gasteiger partial charge in [-0.25, -0.2) is 0 Å². The molecule has 1 atom stereocenters. The molecule has 5 aliphatic rings. The summed E-state index contributed by atoms with van der Waals surface area (Å²) in [6, 6.07) is 17.7. The molecule has 5 amide bonds. The molecule has 2 N–H and O–H groups in total. The Balaban J connectivity index is 0.798. The number of piperidine rings is 3. The Kier molecular flexibility index (Phi) is 11.2.